The summed E-state index contributed by atoms with van der Waals surface area (Å²) >= 11 is 0. The predicted molar refractivity (Wildman–Crippen MR) is 69.5 cm³/mol. The number of halogens is 3. The summed E-state index contributed by atoms with van der Waals surface area (Å²) in [5.41, 5.74) is -4.58. The lowest BCUT2D eigenvalue weighted by Gasteiger charge is -2.25. The van der Waals surface area contributed by atoms with E-state index in [-0.39, 0.29) is 13.2 Å². The highest BCUT2D eigenvalue weighted by molar-refractivity contribution is 7.87. The van der Waals surface area contributed by atoms with Crippen molar-refractivity contribution in [1.82, 2.24) is 0 Å². The maximum atomic E-state index is 12.3. The van der Waals surface area contributed by atoms with Crippen molar-refractivity contribution in [3.8, 4) is 0 Å². The smallest absolute Gasteiger partial charge is 0.361 e. The van der Waals surface area contributed by atoms with Crippen LogP contribution in [0.2, 0.25) is 0 Å². The standard InChI is InChI=1S/C13H13F3O6S/c14-13(15,16)23(17,18)22-9-7-20-12(11-10(9)21-11)19-6-8-4-2-1-3-5-8/h1-5,9-12H,6-7H2/t9-,10-,11-,12-/m0/s1. The second-order valence-corrected chi connectivity index (χ2v) is 6.66. The maximum Gasteiger partial charge on any atom is 0.523 e. The second-order valence-electron chi connectivity index (χ2n) is 5.10. The third kappa shape index (κ3) is 3.66. The molecular formula is C13H13F3O6S. The largest absolute Gasteiger partial charge is 0.523 e. The molecule has 3 rings (SSSR count). The van der Waals surface area contributed by atoms with Gasteiger partial charge in [-0.15, -0.1) is 0 Å². The summed E-state index contributed by atoms with van der Waals surface area (Å²) in [6.07, 6.45) is -3.53. The van der Waals surface area contributed by atoms with Gasteiger partial charge in [0.2, 0.25) is 0 Å². The zero-order chi connectivity index (χ0) is 16.7. The molecule has 0 aliphatic carbocycles. The average Bonchev–Trinajstić information content (AvgIpc) is 3.27. The maximum absolute atomic E-state index is 12.3. The summed E-state index contributed by atoms with van der Waals surface area (Å²) in [4.78, 5) is 0. The molecule has 2 aliphatic heterocycles. The van der Waals surface area contributed by atoms with Crippen molar-refractivity contribution in [2.75, 3.05) is 6.61 Å². The molecule has 4 atom stereocenters. The van der Waals surface area contributed by atoms with Gasteiger partial charge in [-0.25, -0.2) is 0 Å². The predicted octanol–water partition coefficient (Wildman–Crippen LogP) is 1.56. The summed E-state index contributed by atoms with van der Waals surface area (Å²) in [5, 5.41) is 0. The lowest BCUT2D eigenvalue weighted by molar-refractivity contribution is -0.180. The number of rotatable bonds is 5. The molecule has 10 heteroatoms. The number of ether oxygens (including phenoxy) is 3. The van der Waals surface area contributed by atoms with E-state index in [2.05, 4.69) is 4.18 Å². The molecule has 0 aromatic heterocycles. The van der Waals surface area contributed by atoms with Crippen molar-refractivity contribution >= 4 is 10.1 Å². The van der Waals surface area contributed by atoms with Gasteiger partial charge in [0, 0.05) is 0 Å². The molecule has 0 spiro atoms. The summed E-state index contributed by atoms with van der Waals surface area (Å²) in [6, 6.07) is 9.21. The number of benzene rings is 1. The fraction of sp³-hybridized carbons (Fsp3) is 0.538. The second kappa shape index (κ2) is 6.02. The van der Waals surface area contributed by atoms with E-state index in [0.29, 0.717) is 0 Å². The van der Waals surface area contributed by atoms with Crippen LogP contribution in [0.1, 0.15) is 5.56 Å². The normalized spacial score (nSPS) is 30.7. The summed E-state index contributed by atoms with van der Waals surface area (Å²) in [5.74, 6) is 0. The third-order valence-corrected chi connectivity index (χ3v) is 4.48. The number of alkyl halides is 3. The van der Waals surface area contributed by atoms with Gasteiger partial charge in [-0.3, -0.25) is 4.18 Å². The molecule has 0 bridgehead atoms. The highest BCUT2D eigenvalue weighted by Crippen LogP contribution is 2.39. The van der Waals surface area contributed by atoms with Gasteiger partial charge in [0.1, 0.15) is 18.3 Å². The molecule has 0 amide bonds. The Kier molecular flexibility index (Phi) is 4.36. The molecule has 6 nitrogen and oxygen atoms in total. The van der Waals surface area contributed by atoms with Crippen LogP contribution in [-0.2, 0) is 35.1 Å². The van der Waals surface area contributed by atoms with Crippen molar-refractivity contribution in [2.24, 2.45) is 0 Å². The van der Waals surface area contributed by atoms with Crippen LogP contribution in [0, 0.1) is 0 Å². The Morgan fingerprint density at radius 2 is 1.87 bits per heavy atom. The van der Waals surface area contributed by atoms with Crippen LogP contribution >= 0.6 is 0 Å². The molecule has 1 aromatic carbocycles. The summed E-state index contributed by atoms with van der Waals surface area (Å²) in [7, 11) is -5.68. The molecule has 0 unspecified atom stereocenters. The minimum atomic E-state index is -5.68. The SMILES string of the molecule is O=S(=O)(O[C@H]1CO[C@H](OCc2ccccc2)[C@H]2O[C@H]21)C(F)(F)F. The molecule has 2 fully saturated rings. The van der Waals surface area contributed by atoms with Crippen molar-refractivity contribution in [2.45, 2.75) is 36.7 Å². The van der Waals surface area contributed by atoms with Crippen LogP contribution in [0.3, 0.4) is 0 Å². The average molecular weight is 354 g/mol. The van der Waals surface area contributed by atoms with Gasteiger partial charge in [-0.05, 0) is 5.56 Å². The minimum absolute atomic E-state index is 0.241. The highest BCUT2D eigenvalue weighted by Gasteiger charge is 2.59. The van der Waals surface area contributed by atoms with Crippen molar-refractivity contribution in [3.05, 3.63) is 35.9 Å². The van der Waals surface area contributed by atoms with Crippen LogP contribution in [0.15, 0.2) is 30.3 Å². The molecule has 0 radical (unpaired) electrons. The van der Waals surface area contributed by atoms with Crippen LogP contribution < -0.4 is 0 Å². The third-order valence-electron chi connectivity index (χ3n) is 3.41. The van der Waals surface area contributed by atoms with E-state index in [1.165, 1.54) is 0 Å². The first-order valence-electron chi connectivity index (χ1n) is 6.70. The first kappa shape index (κ1) is 16.7. The van der Waals surface area contributed by atoms with Gasteiger partial charge in [0.05, 0.1) is 13.2 Å². The Morgan fingerprint density at radius 1 is 1.17 bits per heavy atom. The highest BCUT2D eigenvalue weighted by atomic mass is 32.2. The molecule has 128 valence electrons. The molecule has 1 aromatic rings. The van der Waals surface area contributed by atoms with E-state index < -0.39 is 40.2 Å². The molecule has 0 N–H and O–H groups in total. The minimum Gasteiger partial charge on any atom is -0.361 e. The molecule has 2 aliphatic rings. The number of hydrogen-bond donors (Lipinski definition) is 0. The molecule has 2 saturated heterocycles. The first-order valence-corrected chi connectivity index (χ1v) is 8.11. The van der Waals surface area contributed by atoms with Crippen LogP contribution in [0.25, 0.3) is 0 Å². The van der Waals surface area contributed by atoms with Gasteiger partial charge in [0.25, 0.3) is 0 Å². The number of hydrogen-bond acceptors (Lipinski definition) is 6. The summed E-state index contributed by atoms with van der Waals surface area (Å²) < 4.78 is 78.9. The zero-order valence-corrected chi connectivity index (χ0v) is 12.4. The fourth-order valence-corrected chi connectivity index (χ4v) is 2.83. The Hall–Kier alpha value is -1.20. The van der Waals surface area contributed by atoms with Crippen molar-refractivity contribution in [3.63, 3.8) is 0 Å². The van der Waals surface area contributed by atoms with E-state index in [4.69, 9.17) is 14.2 Å². The molecule has 0 saturated carbocycles. The van der Waals surface area contributed by atoms with Crippen molar-refractivity contribution < 1.29 is 40.0 Å². The molecular weight excluding hydrogens is 341 g/mol. The van der Waals surface area contributed by atoms with E-state index in [1.807, 2.05) is 30.3 Å². The summed E-state index contributed by atoms with van der Waals surface area (Å²) in [6.45, 7) is -0.125. The van der Waals surface area contributed by atoms with E-state index in [0.717, 1.165) is 5.56 Å². The van der Waals surface area contributed by atoms with Crippen LogP contribution in [0.5, 0.6) is 0 Å². The Morgan fingerprint density at radius 3 is 2.52 bits per heavy atom. The van der Waals surface area contributed by atoms with Gasteiger partial charge >= 0.3 is 15.6 Å². The van der Waals surface area contributed by atoms with Gasteiger partial charge < -0.3 is 14.2 Å². The molecule has 2 heterocycles. The van der Waals surface area contributed by atoms with Crippen LogP contribution in [0.4, 0.5) is 13.2 Å². The lowest BCUT2D eigenvalue weighted by Crippen LogP contribution is -2.43. The topological polar surface area (TPSA) is 74.4 Å². The van der Waals surface area contributed by atoms with Crippen LogP contribution in [-0.4, -0.2) is 45.1 Å². The van der Waals surface area contributed by atoms with Gasteiger partial charge in [-0.1, -0.05) is 30.3 Å². The first-order chi connectivity index (χ1) is 10.8. The fourth-order valence-electron chi connectivity index (χ4n) is 2.23. The monoisotopic (exact) mass is 354 g/mol. The lowest BCUT2D eigenvalue weighted by atomic mass is 10.1. The quantitative estimate of drug-likeness (QED) is 0.454. The number of fused-ring (bicyclic) bond motifs is 1. The van der Waals surface area contributed by atoms with E-state index >= 15 is 0 Å². The Labute approximate surface area is 130 Å². The van der Waals surface area contributed by atoms with E-state index in [1.54, 1.807) is 0 Å². The Bertz CT molecular complexity index is 647. The number of epoxide rings is 1. The van der Waals surface area contributed by atoms with Gasteiger partial charge in [0.15, 0.2) is 6.29 Å². The zero-order valence-electron chi connectivity index (χ0n) is 11.6. The van der Waals surface area contributed by atoms with Gasteiger partial charge in [-0.2, -0.15) is 21.6 Å². The molecule has 23 heavy (non-hydrogen) atoms. The van der Waals surface area contributed by atoms with Crippen molar-refractivity contribution in [1.29, 1.82) is 0 Å². The Balaban J connectivity index is 1.53. The van der Waals surface area contributed by atoms with E-state index in [9.17, 15) is 21.6 Å².